The summed E-state index contributed by atoms with van der Waals surface area (Å²) in [5.74, 6) is 0. The third kappa shape index (κ3) is 7.72. The van der Waals surface area contributed by atoms with Gasteiger partial charge in [-0.3, -0.25) is 0 Å². The van der Waals surface area contributed by atoms with Crippen LogP contribution in [0, 0.1) is 10.8 Å². The molecule has 3 heteroatoms. The Balaban J connectivity index is 0.000000181. The first kappa shape index (κ1) is 25.0. The van der Waals surface area contributed by atoms with Crippen molar-refractivity contribution in [2.75, 3.05) is 26.3 Å². The van der Waals surface area contributed by atoms with Crippen LogP contribution in [0.15, 0.2) is 60.7 Å². The molecule has 3 nitrogen and oxygen atoms in total. The lowest BCUT2D eigenvalue weighted by Crippen LogP contribution is -2.42. The first-order valence-corrected chi connectivity index (χ1v) is 12.7. The van der Waals surface area contributed by atoms with Gasteiger partial charge < -0.3 is 15.5 Å². The van der Waals surface area contributed by atoms with E-state index in [4.69, 9.17) is 0 Å². The summed E-state index contributed by atoms with van der Waals surface area (Å²) >= 11 is 0. The van der Waals surface area contributed by atoms with Gasteiger partial charge in [0.05, 0.1) is 0 Å². The van der Waals surface area contributed by atoms with Gasteiger partial charge in [0.2, 0.25) is 0 Å². The Kier molecular flexibility index (Phi) is 10.2. The van der Waals surface area contributed by atoms with Crippen molar-refractivity contribution in [3.05, 3.63) is 71.8 Å². The highest BCUT2D eigenvalue weighted by Crippen LogP contribution is 2.39. The van der Waals surface area contributed by atoms with Gasteiger partial charge in [0, 0.05) is 25.2 Å². The number of aryl methyl sites for hydroxylation is 2. The molecule has 0 spiro atoms. The number of rotatable bonds is 8. The Morgan fingerprint density at radius 3 is 1.59 bits per heavy atom. The Hall–Kier alpha value is -1.68. The first-order valence-electron chi connectivity index (χ1n) is 12.7. The van der Waals surface area contributed by atoms with Crippen LogP contribution in [-0.2, 0) is 12.8 Å². The van der Waals surface area contributed by atoms with E-state index in [0.717, 1.165) is 45.2 Å². The Bertz CT molecular complexity index is 669. The van der Waals surface area contributed by atoms with Crippen LogP contribution < -0.4 is 5.32 Å². The van der Waals surface area contributed by atoms with Crippen molar-refractivity contribution in [3.8, 4) is 0 Å². The van der Waals surface area contributed by atoms with E-state index in [2.05, 4.69) is 59.9 Å². The summed E-state index contributed by atoms with van der Waals surface area (Å²) in [6, 6.07) is 21.2. The van der Waals surface area contributed by atoms with E-state index in [1.807, 2.05) is 6.07 Å². The van der Waals surface area contributed by atoms with Crippen molar-refractivity contribution in [3.63, 3.8) is 0 Å². The highest BCUT2D eigenvalue weighted by Gasteiger charge is 2.31. The molecule has 1 heterocycles. The second-order valence-corrected chi connectivity index (χ2v) is 10.1. The van der Waals surface area contributed by atoms with Gasteiger partial charge in [-0.2, -0.15) is 0 Å². The number of nitrogens with one attached hydrogen (secondary N) is 1. The highest BCUT2D eigenvalue weighted by atomic mass is 16.3. The standard InChI is InChI=1S/C15H22O.C14H21NO/c16-13-15(10-5-2-6-11-15)12-9-14-7-3-1-4-8-14;16-12-14(8-4-10-15-11-14)9-7-13-5-2-1-3-6-13/h1,3-4,7-8,16H,2,5-6,9-13H2;1-3,5-6,15-16H,4,7-12H2. The van der Waals surface area contributed by atoms with Crippen LogP contribution in [0.5, 0.6) is 0 Å². The van der Waals surface area contributed by atoms with Crippen molar-refractivity contribution >= 4 is 0 Å². The maximum Gasteiger partial charge on any atom is 0.0499 e. The second kappa shape index (κ2) is 13.1. The molecule has 3 N–H and O–H groups in total. The lowest BCUT2D eigenvalue weighted by Gasteiger charge is -2.36. The van der Waals surface area contributed by atoms with E-state index in [0.29, 0.717) is 13.2 Å². The quantitative estimate of drug-likeness (QED) is 0.508. The van der Waals surface area contributed by atoms with Crippen molar-refractivity contribution in [1.29, 1.82) is 0 Å². The number of hydrogen-bond donors (Lipinski definition) is 3. The van der Waals surface area contributed by atoms with E-state index in [-0.39, 0.29) is 10.8 Å². The summed E-state index contributed by atoms with van der Waals surface area (Å²) in [5, 5.41) is 22.6. The molecular formula is C29H43NO2. The normalized spacial score (nSPS) is 22.6. The number of piperidine rings is 1. The lowest BCUT2D eigenvalue weighted by molar-refractivity contribution is 0.0737. The topological polar surface area (TPSA) is 52.5 Å². The zero-order valence-corrected chi connectivity index (χ0v) is 19.8. The van der Waals surface area contributed by atoms with Crippen molar-refractivity contribution in [2.45, 2.75) is 70.6 Å². The summed E-state index contributed by atoms with van der Waals surface area (Å²) in [4.78, 5) is 0. The Morgan fingerprint density at radius 1 is 0.625 bits per heavy atom. The minimum absolute atomic E-state index is 0.119. The summed E-state index contributed by atoms with van der Waals surface area (Å²) < 4.78 is 0. The van der Waals surface area contributed by atoms with Gasteiger partial charge in [0.15, 0.2) is 0 Å². The van der Waals surface area contributed by atoms with Crippen LogP contribution in [0.4, 0.5) is 0 Å². The van der Waals surface area contributed by atoms with E-state index >= 15 is 0 Å². The molecule has 2 aromatic carbocycles. The van der Waals surface area contributed by atoms with Crippen LogP contribution in [0.3, 0.4) is 0 Å². The Morgan fingerprint density at radius 2 is 1.12 bits per heavy atom. The fourth-order valence-electron chi connectivity index (χ4n) is 5.36. The van der Waals surface area contributed by atoms with Gasteiger partial charge in [-0.15, -0.1) is 0 Å². The maximum absolute atomic E-state index is 9.62. The predicted molar refractivity (Wildman–Crippen MR) is 134 cm³/mol. The number of aliphatic hydroxyl groups is 2. The molecule has 4 rings (SSSR count). The van der Waals surface area contributed by atoms with Gasteiger partial charge in [0.1, 0.15) is 0 Å². The van der Waals surface area contributed by atoms with Crippen molar-refractivity contribution < 1.29 is 10.2 Å². The molecule has 1 saturated carbocycles. The molecule has 176 valence electrons. The molecule has 32 heavy (non-hydrogen) atoms. The number of benzene rings is 2. The van der Waals surface area contributed by atoms with Gasteiger partial charge in [-0.25, -0.2) is 0 Å². The molecule has 1 aliphatic heterocycles. The highest BCUT2D eigenvalue weighted by molar-refractivity contribution is 5.16. The van der Waals surface area contributed by atoms with E-state index in [9.17, 15) is 10.2 Å². The molecule has 1 atom stereocenters. The molecule has 1 aliphatic carbocycles. The molecule has 0 radical (unpaired) electrons. The summed E-state index contributed by atoms with van der Waals surface area (Å²) in [5.41, 5.74) is 3.13. The molecule has 1 unspecified atom stereocenters. The zero-order chi connectivity index (χ0) is 22.5. The van der Waals surface area contributed by atoms with Gasteiger partial charge in [0.25, 0.3) is 0 Å². The molecule has 1 saturated heterocycles. The lowest BCUT2D eigenvalue weighted by atomic mass is 9.71. The van der Waals surface area contributed by atoms with E-state index < -0.39 is 0 Å². The smallest absolute Gasteiger partial charge is 0.0499 e. The molecular weight excluding hydrogens is 394 g/mol. The fourth-order valence-corrected chi connectivity index (χ4v) is 5.36. The fraction of sp³-hybridized carbons (Fsp3) is 0.586. The number of aliphatic hydroxyl groups excluding tert-OH is 2. The van der Waals surface area contributed by atoms with Crippen molar-refractivity contribution in [2.24, 2.45) is 10.8 Å². The van der Waals surface area contributed by atoms with Crippen LogP contribution in [0.2, 0.25) is 0 Å². The van der Waals surface area contributed by atoms with Crippen LogP contribution in [0.25, 0.3) is 0 Å². The monoisotopic (exact) mass is 437 g/mol. The molecule has 0 bridgehead atoms. The van der Waals surface area contributed by atoms with Crippen LogP contribution >= 0.6 is 0 Å². The largest absolute Gasteiger partial charge is 0.396 e. The summed E-state index contributed by atoms with van der Waals surface area (Å²) in [7, 11) is 0. The Labute approximate surface area is 195 Å². The molecule has 2 fully saturated rings. The predicted octanol–water partition coefficient (Wildman–Crippen LogP) is 5.54. The third-order valence-corrected chi connectivity index (χ3v) is 7.72. The minimum Gasteiger partial charge on any atom is -0.396 e. The minimum atomic E-state index is 0.119. The maximum atomic E-state index is 9.62. The summed E-state index contributed by atoms with van der Waals surface area (Å²) in [6.07, 6.45) is 13.2. The molecule has 0 aromatic heterocycles. The van der Waals surface area contributed by atoms with Crippen LogP contribution in [-0.4, -0.2) is 36.5 Å². The van der Waals surface area contributed by atoms with Crippen molar-refractivity contribution in [1.82, 2.24) is 5.32 Å². The SMILES string of the molecule is OCC1(CCc2ccccc2)CCCCC1.OCC1(CCc2ccccc2)CCCNC1. The third-order valence-electron chi connectivity index (χ3n) is 7.72. The van der Waals surface area contributed by atoms with Gasteiger partial charge in [-0.05, 0) is 74.5 Å². The molecule has 2 aliphatic rings. The van der Waals surface area contributed by atoms with E-state index in [1.54, 1.807) is 0 Å². The zero-order valence-electron chi connectivity index (χ0n) is 19.8. The second-order valence-electron chi connectivity index (χ2n) is 10.1. The average Bonchev–Trinajstić information content (AvgIpc) is 2.89. The molecule has 2 aromatic rings. The van der Waals surface area contributed by atoms with Crippen LogP contribution in [0.1, 0.15) is 68.9 Å². The van der Waals surface area contributed by atoms with Gasteiger partial charge in [-0.1, -0.05) is 79.9 Å². The van der Waals surface area contributed by atoms with Gasteiger partial charge >= 0.3 is 0 Å². The first-order chi connectivity index (χ1) is 15.7. The number of hydrogen-bond acceptors (Lipinski definition) is 3. The molecule has 0 amide bonds. The summed E-state index contributed by atoms with van der Waals surface area (Å²) in [6.45, 7) is 2.76. The van der Waals surface area contributed by atoms with E-state index in [1.165, 1.54) is 49.7 Å². The average molecular weight is 438 g/mol.